The van der Waals surface area contributed by atoms with E-state index >= 15 is 0 Å². The van der Waals surface area contributed by atoms with Gasteiger partial charge in [0.15, 0.2) is 11.5 Å². The highest BCUT2D eigenvalue weighted by Crippen LogP contribution is 2.28. The van der Waals surface area contributed by atoms with Crippen LogP contribution in [-0.4, -0.2) is 30.5 Å². The predicted octanol–water partition coefficient (Wildman–Crippen LogP) is 4.35. The quantitative estimate of drug-likeness (QED) is 0.465. The highest BCUT2D eigenvalue weighted by Gasteiger charge is 2.19. The summed E-state index contributed by atoms with van der Waals surface area (Å²) in [5.74, 6) is -0.576. The number of benzene rings is 2. The van der Waals surface area contributed by atoms with E-state index in [4.69, 9.17) is 17.3 Å². The van der Waals surface area contributed by atoms with Crippen molar-refractivity contribution < 1.29 is 9.18 Å². The van der Waals surface area contributed by atoms with Crippen molar-refractivity contribution in [2.45, 2.75) is 19.9 Å². The number of nitrogens with zero attached hydrogens (tertiary/aromatic N) is 5. The molecule has 31 heavy (non-hydrogen) atoms. The van der Waals surface area contributed by atoms with Crippen molar-refractivity contribution in [3.05, 3.63) is 71.5 Å². The van der Waals surface area contributed by atoms with Crippen LogP contribution < -0.4 is 11.1 Å². The number of hydrogen-bond acceptors (Lipinski definition) is 5. The summed E-state index contributed by atoms with van der Waals surface area (Å²) in [6.45, 7) is 4.05. The molecule has 2 heterocycles. The maximum Gasteiger partial charge on any atom is 0.271 e. The molecular weight excluding hydrogens is 421 g/mol. The number of carbonyl (C=O) groups is 1. The van der Waals surface area contributed by atoms with E-state index in [9.17, 15) is 9.18 Å². The largest absolute Gasteiger partial charge is 0.364 e. The van der Waals surface area contributed by atoms with E-state index in [1.807, 2.05) is 42.8 Å². The Balaban J connectivity index is 1.66. The average molecular weight is 440 g/mol. The van der Waals surface area contributed by atoms with Crippen LogP contribution in [0, 0.1) is 5.82 Å². The van der Waals surface area contributed by atoms with Crippen LogP contribution in [0.3, 0.4) is 0 Å². The molecule has 0 unspecified atom stereocenters. The van der Waals surface area contributed by atoms with E-state index in [0.717, 1.165) is 11.4 Å². The van der Waals surface area contributed by atoms with Gasteiger partial charge in [-0.05, 0) is 50.2 Å². The molecule has 0 aliphatic heterocycles. The fourth-order valence-corrected chi connectivity index (χ4v) is 3.41. The van der Waals surface area contributed by atoms with Crippen LogP contribution in [0.15, 0.2) is 55.0 Å². The zero-order valence-corrected chi connectivity index (χ0v) is 17.5. The minimum atomic E-state index is -0.754. The first-order valence-electron chi connectivity index (χ1n) is 9.46. The van der Waals surface area contributed by atoms with Gasteiger partial charge < -0.3 is 11.1 Å². The minimum Gasteiger partial charge on any atom is -0.364 e. The molecule has 4 aromatic rings. The predicted molar refractivity (Wildman–Crippen MR) is 116 cm³/mol. The van der Waals surface area contributed by atoms with Gasteiger partial charge in [0.05, 0.1) is 16.9 Å². The standard InChI is InChI=1S/C21H19ClFN7O/c1-12(2)30-21(25-11-26-30)13-6-8-14(9-7-13)27-17-10-29(28-18(17)20(24)31)19-15(22)4-3-5-16(19)23/h3-12,27H,1-2H3,(H2,24,31). The first kappa shape index (κ1) is 20.5. The Bertz CT molecular complexity index is 1230. The molecule has 2 aromatic carbocycles. The van der Waals surface area contributed by atoms with Crippen LogP contribution in [0.2, 0.25) is 5.02 Å². The molecule has 3 N–H and O–H groups in total. The van der Waals surface area contributed by atoms with Gasteiger partial charge in [-0.2, -0.15) is 10.2 Å². The number of aromatic nitrogens is 5. The molecule has 0 saturated heterocycles. The molecule has 0 radical (unpaired) electrons. The van der Waals surface area contributed by atoms with Crippen LogP contribution in [-0.2, 0) is 0 Å². The van der Waals surface area contributed by atoms with Crippen molar-refractivity contribution >= 4 is 28.9 Å². The van der Waals surface area contributed by atoms with E-state index in [-0.39, 0.29) is 22.4 Å². The van der Waals surface area contributed by atoms with Gasteiger partial charge in [-0.15, -0.1) is 0 Å². The third-order valence-corrected chi connectivity index (χ3v) is 4.90. The summed E-state index contributed by atoms with van der Waals surface area (Å²) in [5.41, 5.74) is 7.36. The number of nitrogens with one attached hydrogen (secondary N) is 1. The van der Waals surface area contributed by atoms with Gasteiger partial charge in [-0.3, -0.25) is 4.79 Å². The van der Waals surface area contributed by atoms with Crippen LogP contribution >= 0.6 is 11.6 Å². The molecule has 0 bridgehead atoms. The lowest BCUT2D eigenvalue weighted by Crippen LogP contribution is -2.14. The van der Waals surface area contributed by atoms with Crippen molar-refractivity contribution in [3.8, 4) is 17.1 Å². The van der Waals surface area contributed by atoms with Crippen molar-refractivity contribution in [1.29, 1.82) is 0 Å². The van der Waals surface area contributed by atoms with Crippen molar-refractivity contribution in [2.24, 2.45) is 5.73 Å². The number of amides is 1. The summed E-state index contributed by atoms with van der Waals surface area (Å²) in [4.78, 5) is 16.2. The molecule has 158 valence electrons. The Morgan fingerprint density at radius 1 is 1.19 bits per heavy atom. The van der Waals surface area contributed by atoms with E-state index in [0.29, 0.717) is 11.4 Å². The van der Waals surface area contributed by atoms with Crippen molar-refractivity contribution in [3.63, 3.8) is 0 Å². The van der Waals surface area contributed by atoms with Gasteiger partial charge >= 0.3 is 0 Å². The lowest BCUT2D eigenvalue weighted by molar-refractivity contribution is 0.0996. The van der Waals surface area contributed by atoms with Gasteiger partial charge in [0, 0.05) is 17.3 Å². The Hall–Kier alpha value is -3.72. The number of nitrogens with two attached hydrogens (primary N) is 1. The molecular formula is C21H19ClFN7O. The third-order valence-electron chi connectivity index (χ3n) is 4.60. The molecule has 0 saturated carbocycles. The normalized spacial score (nSPS) is 11.1. The lowest BCUT2D eigenvalue weighted by atomic mass is 10.2. The fraction of sp³-hybridized carbons (Fsp3) is 0.143. The van der Waals surface area contributed by atoms with E-state index < -0.39 is 11.7 Å². The van der Waals surface area contributed by atoms with Crippen LogP contribution in [0.4, 0.5) is 15.8 Å². The second-order valence-corrected chi connectivity index (χ2v) is 7.50. The maximum atomic E-state index is 14.3. The average Bonchev–Trinajstić information content (AvgIpc) is 3.36. The Kier molecular flexibility index (Phi) is 5.43. The van der Waals surface area contributed by atoms with Gasteiger partial charge in [0.1, 0.15) is 17.8 Å². The van der Waals surface area contributed by atoms with Crippen LogP contribution in [0.1, 0.15) is 30.4 Å². The van der Waals surface area contributed by atoms with Crippen LogP contribution in [0.5, 0.6) is 0 Å². The summed E-state index contributed by atoms with van der Waals surface area (Å²) >= 11 is 6.12. The second kappa shape index (κ2) is 8.19. The Labute approximate surface area is 182 Å². The number of anilines is 2. The number of halogens is 2. The fourth-order valence-electron chi connectivity index (χ4n) is 3.16. The molecule has 0 aliphatic rings. The smallest absolute Gasteiger partial charge is 0.271 e. The summed E-state index contributed by atoms with van der Waals surface area (Å²) < 4.78 is 17.3. The summed E-state index contributed by atoms with van der Waals surface area (Å²) in [6.07, 6.45) is 2.98. The zero-order valence-electron chi connectivity index (χ0n) is 16.8. The van der Waals surface area contributed by atoms with E-state index in [1.165, 1.54) is 35.4 Å². The first-order valence-corrected chi connectivity index (χ1v) is 9.83. The number of para-hydroxylation sites is 1. The first-order chi connectivity index (χ1) is 14.8. The molecule has 2 aromatic heterocycles. The maximum absolute atomic E-state index is 14.3. The van der Waals surface area contributed by atoms with Crippen molar-refractivity contribution in [2.75, 3.05) is 5.32 Å². The van der Waals surface area contributed by atoms with E-state index in [2.05, 4.69) is 20.5 Å². The topological polar surface area (TPSA) is 104 Å². The van der Waals surface area contributed by atoms with Gasteiger partial charge in [0.25, 0.3) is 5.91 Å². The van der Waals surface area contributed by atoms with Gasteiger partial charge in [-0.1, -0.05) is 17.7 Å². The van der Waals surface area contributed by atoms with E-state index in [1.54, 1.807) is 0 Å². The molecule has 0 aliphatic carbocycles. The molecule has 0 fully saturated rings. The molecule has 4 rings (SSSR count). The number of rotatable bonds is 6. The highest BCUT2D eigenvalue weighted by atomic mass is 35.5. The molecule has 10 heteroatoms. The Morgan fingerprint density at radius 3 is 2.58 bits per heavy atom. The lowest BCUT2D eigenvalue weighted by Gasteiger charge is -2.10. The minimum absolute atomic E-state index is 0.0306. The molecule has 8 nitrogen and oxygen atoms in total. The monoisotopic (exact) mass is 439 g/mol. The highest BCUT2D eigenvalue weighted by molar-refractivity contribution is 6.32. The van der Waals surface area contributed by atoms with Crippen molar-refractivity contribution in [1.82, 2.24) is 24.5 Å². The van der Waals surface area contributed by atoms with Gasteiger partial charge in [-0.25, -0.2) is 18.7 Å². The molecule has 0 atom stereocenters. The van der Waals surface area contributed by atoms with Crippen LogP contribution in [0.25, 0.3) is 17.1 Å². The summed E-state index contributed by atoms with van der Waals surface area (Å²) in [6, 6.07) is 11.9. The number of carbonyl (C=O) groups excluding carboxylic acids is 1. The SMILES string of the molecule is CC(C)n1ncnc1-c1ccc(Nc2cn(-c3c(F)cccc3Cl)nc2C(N)=O)cc1. The van der Waals surface area contributed by atoms with Gasteiger partial charge in [0.2, 0.25) is 0 Å². The molecule has 0 spiro atoms. The third kappa shape index (κ3) is 3.99. The Morgan fingerprint density at radius 2 is 1.94 bits per heavy atom. The molecule has 1 amide bonds. The number of hydrogen-bond donors (Lipinski definition) is 2. The summed E-state index contributed by atoms with van der Waals surface area (Å²) in [7, 11) is 0. The number of primary amides is 1. The summed E-state index contributed by atoms with van der Waals surface area (Å²) in [5, 5.41) is 11.6. The zero-order chi connectivity index (χ0) is 22.1. The second-order valence-electron chi connectivity index (χ2n) is 7.09.